The predicted octanol–water partition coefficient (Wildman–Crippen LogP) is 6.07. The molecule has 1 aromatic heterocycles. The van der Waals surface area contributed by atoms with Gasteiger partial charge in [-0.1, -0.05) is 49.7 Å². The van der Waals surface area contributed by atoms with E-state index >= 15 is 4.39 Å². The lowest BCUT2D eigenvalue weighted by atomic mass is 10.0. The first-order valence-electron chi connectivity index (χ1n) is 14.8. The summed E-state index contributed by atoms with van der Waals surface area (Å²) >= 11 is 0. The highest BCUT2D eigenvalue weighted by Gasteiger charge is 2.17. The van der Waals surface area contributed by atoms with Crippen LogP contribution in [-0.2, 0) is 24.8 Å². The van der Waals surface area contributed by atoms with E-state index in [0.717, 1.165) is 49.0 Å². The predicted molar refractivity (Wildman–Crippen MR) is 168 cm³/mol. The molecule has 0 aliphatic carbocycles. The summed E-state index contributed by atoms with van der Waals surface area (Å²) in [5.41, 5.74) is 5.16. The van der Waals surface area contributed by atoms with E-state index in [0.29, 0.717) is 48.0 Å². The highest BCUT2D eigenvalue weighted by Crippen LogP contribution is 2.29. The largest absolute Gasteiger partial charge is 0.379 e. The third kappa shape index (κ3) is 7.18. The maximum absolute atomic E-state index is 15.0. The van der Waals surface area contributed by atoms with E-state index in [1.807, 2.05) is 49.4 Å². The Morgan fingerprint density at radius 2 is 1.84 bits per heavy atom. The van der Waals surface area contributed by atoms with Gasteiger partial charge in [-0.25, -0.2) is 9.37 Å². The summed E-state index contributed by atoms with van der Waals surface area (Å²) in [7, 11) is 1.65. The number of carbonyl (C=O) groups is 1. The lowest BCUT2D eigenvalue weighted by molar-refractivity contribution is 0.0337. The number of aryl methyl sites for hydroxylation is 2. The molecule has 1 saturated heterocycles. The standard InChI is InChI=1S/C34H38FN5O3/c1-4-5-9-24-10-6-7-11-28(24)33(41)38-30-13-8-12-27(23(30)2)31-22-39(3)34(42)32(37-31)36-26-15-14-25(29(35)20-26)21-40-16-18-43-19-17-40/h6-8,10-15,20,22H,4-5,9,16-19,21H2,1-3H3,(H,36,37)(H,38,41). The van der Waals surface area contributed by atoms with Gasteiger partial charge in [0, 0.05) is 60.9 Å². The fourth-order valence-corrected chi connectivity index (χ4v) is 5.27. The molecule has 5 rings (SSSR count). The molecule has 2 heterocycles. The van der Waals surface area contributed by atoms with Crippen LogP contribution in [0.2, 0.25) is 0 Å². The van der Waals surface area contributed by atoms with Crippen LogP contribution in [0.25, 0.3) is 11.3 Å². The second-order valence-corrected chi connectivity index (χ2v) is 10.9. The van der Waals surface area contributed by atoms with Gasteiger partial charge in [0.05, 0.1) is 18.9 Å². The average Bonchev–Trinajstić information content (AvgIpc) is 3.01. The van der Waals surface area contributed by atoms with E-state index in [1.54, 1.807) is 25.4 Å². The molecule has 0 unspecified atom stereocenters. The van der Waals surface area contributed by atoms with Gasteiger partial charge in [0.15, 0.2) is 5.82 Å². The van der Waals surface area contributed by atoms with E-state index in [2.05, 4.69) is 27.4 Å². The van der Waals surface area contributed by atoms with Gasteiger partial charge >= 0.3 is 0 Å². The number of unbranched alkanes of at least 4 members (excludes halogenated alkanes) is 1. The maximum Gasteiger partial charge on any atom is 0.293 e. The quantitative estimate of drug-likeness (QED) is 0.236. The van der Waals surface area contributed by atoms with Crippen LogP contribution in [0.15, 0.2) is 71.7 Å². The second kappa shape index (κ2) is 13.8. The van der Waals surface area contributed by atoms with Crippen LogP contribution in [0, 0.1) is 12.7 Å². The molecule has 0 atom stereocenters. The monoisotopic (exact) mass is 583 g/mol. The molecule has 1 aliphatic heterocycles. The molecule has 43 heavy (non-hydrogen) atoms. The van der Waals surface area contributed by atoms with E-state index in [-0.39, 0.29) is 23.1 Å². The number of hydrogen-bond acceptors (Lipinski definition) is 6. The Balaban J connectivity index is 1.38. The molecule has 0 radical (unpaired) electrons. The minimum atomic E-state index is -0.347. The first kappa shape index (κ1) is 30.1. The molecule has 0 spiro atoms. The zero-order valence-corrected chi connectivity index (χ0v) is 25.0. The fourth-order valence-electron chi connectivity index (χ4n) is 5.27. The Kier molecular flexibility index (Phi) is 9.64. The number of rotatable bonds is 10. The summed E-state index contributed by atoms with van der Waals surface area (Å²) in [4.78, 5) is 33.1. The molecule has 9 heteroatoms. The number of nitrogens with zero attached hydrogens (tertiary/aromatic N) is 3. The molecule has 1 fully saturated rings. The Morgan fingerprint density at radius 3 is 2.60 bits per heavy atom. The van der Waals surface area contributed by atoms with Crippen molar-refractivity contribution in [2.45, 2.75) is 39.7 Å². The lowest BCUT2D eigenvalue weighted by Gasteiger charge is -2.26. The van der Waals surface area contributed by atoms with E-state index < -0.39 is 0 Å². The van der Waals surface area contributed by atoms with Gasteiger partial charge in [0.2, 0.25) is 0 Å². The number of nitrogens with one attached hydrogen (secondary N) is 2. The molecule has 3 aromatic carbocycles. The van der Waals surface area contributed by atoms with Crippen LogP contribution in [0.1, 0.15) is 46.8 Å². The number of halogens is 1. The highest BCUT2D eigenvalue weighted by molar-refractivity contribution is 6.06. The van der Waals surface area contributed by atoms with Gasteiger partial charge in [0.1, 0.15) is 5.82 Å². The topological polar surface area (TPSA) is 88.5 Å². The molecule has 8 nitrogen and oxygen atoms in total. The van der Waals surface area contributed by atoms with Gasteiger partial charge in [-0.05, 0) is 55.2 Å². The zero-order chi connectivity index (χ0) is 30.3. The van der Waals surface area contributed by atoms with Crippen LogP contribution < -0.4 is 16.2 Å². The summed E-state index contributed by atoms with van der Waals surface area (Å²) in [6.07, 6.45) is 4.57. The first-order valence-corrected chi connectivity index (χ1v) is 14.8. The van der Waals surface area contributed by atoms with Gasteiger partial charge in [-0.2, -0.15) is 0 Å². The normalized spacial score (nSPS) is 13.6. The minimum absolute atomic E-state index is 0.0824. The van der Waals surface area contributed by atoms with Crippen molar-refractivity contribution in [2.75, 3.05) is 36.9 Å². The van der Waals surface area contributed by atoms with Crippen molar-refractivity contribution in [1.29, 1.82) is 0 Å². The van der Waals surface area contributed by atoms with Crippen LogP contribution >= 0.6 is 0 Å². The highest BCUT2D eigenvalue weighted by atomic mass is 19.1. The summed E-state index contributed by atoms with van der Waals surface area (Å²) in [5, 5.41) is 6.09. The molecular weight excluding hydrogens is 545 g/mol. The number of anilines is 3. The SMILES string of the molecule is CCCCc1ccccc1C(=O)Nc1cccc(-c2cn(C)c(=O)c(Nc3ccc(CN4CCOCC4)c(F)c3)n2)c1C. The number of aromatic nitrogens is 2. The Hall–Kier alpha value is -4.34. The summed E-state index contributed by atoms with van der Waals surface area (Å²) < 4.78 is 21.8. The molecule has 0 bridgehead atoms. The number of amides is 1. The number of ether oxygens (including phenoxy) is 1. The molecule has 1 amide bonds. The van der Waals surface area contributed by atoms with Crippen LogP contribution in [0.4, 0.5) is 21.6 Å². The van der Waals surface area contributed by atoms with Crippen molar-refractivity contribution in [3.8, 4) is 11.3 Å². The molecule has 224 valence electrons. The molecule has 1 aliphatic rings. The van der Waals surface area contributed by atoms with Crippen LogP contribution in [0.5, 0.6) is 0 Å². The van der Waals surface area contributed by atoms with Gasteiger partial charge in [-0.15, -0.1) is 0 Å². The first-order chi connectivity index (χ1) is 20.8. The average molecular weight is 584 g/mol. The van der Waals surface area contributed by atoms with Crippen molar-refractivity contribution in [2.24, 2.45) is 7.05 Å². The van der Waals surface area contributed by atoms with E-state index in [4.69, 9.17) is 4.74 Å². The fraction of sp³-hybridized carbons (Fsp3) is 0.324. The molecule has 4 aromatic rings. The summed E-state index contributed by atoms with van der Waals surface area (Å²) in [6, 6.07) is 18.2. The third-order valence-corrected chi connectivity index (χ3v) is 7.80. The van der Waals surface area contributed by atoms with Crippen molar-refractivity contribution in [3.05, 3.63) is 105 Å². The maximum atomic E-state index is 15.0. The molecular formula is C34H38FN5O3. The Bertz CT molecular complexity index is 1660. The summed E-state index contributed by atoms with van der Waals surface area (Å²) in [5.74, 6) is -0.430. The lowest BCUT2D eigenvalue weighted by Crippen LogP contribution is -2.35. The second-order valence-electron chi connectivity index (χ2n) is 10.9. The Labute approximate surface area is 251 Å². The minimum Gasteiger partial charge on any atom is -0.379 e. The molecule has 0 saturated carbocycles. The summed E-state index contributed by atoms with van der Waals surface area (Å²) in [6.45, 7) is 7.37. The number of hydrogen-bond donors (Lipinski definition) is 2. The Morgan fingerprint density at radius 1 is 1.05 bits per heavy atom. The van der Waals surface area contributed by atoms with Crippen molar-refractivity contribution in [1.82, 2.24) is 14.5 Å². The van der Waals surface area contributed by atoms with Crippen LogP contribution in [0.3, 0.4) is 0 Å². The van der Waals surface area contributed by atoms with Crippen molar-refractivity contribution in [3.63, 3.8) is 0 Å². The zero-order valence-electron chi connectivity index (χ0n) is 25.0. The van der Waals surface area contributed by atoms with Gasteiger partial charge < -0.3 is 19.9 Å². The third-order valence-electron chi connectivity index (χ3n) is 7.80. The van der Waals surface area contributed by atoms with E-state index in [1.165, 1.54) is 10.6 Å². The number of benzene rings is 3. The van der Waals surface area contributed by atoms with Crippen LogP contribution in [-0.4, -0.2) is 46.7 Å². The smallest absolute Gasteiger partial charge is 0.293 e. The molecule has 2 N–H and O–H groups in total. The van der Waals surface area contributed by atoms with Gasteiger partial charge in [0.25, 0.3) is 11.5 Å². The van der Waals surface area contributed by atoms with Crippen molar-refractivity contribution >= 4 is 23.1 Å². The number of morpholine rings is 1. The van der Waals surface area contributed by atoms with Crippen molar-refractivity contribution < 1.29 is 13.9 Å². The van der Waals surface area contributed by atoms with E-state index in [9.17, 15) is 9.59 Å². The number of carbonyl (C=O) groups excluding carboxylic acids is 1. The van der Waals surface area contributed by atoms with Gasteiger partial charge in [-0.3, -0.25) is 14.5 Å².